The summed E-state index contributed by atoms with van der Waals surface area (Å²) in [6.07, 6.45) is 6.94. The van der Waals surface area contributed by atoms with Crippen molar-refractivity contribution in [1.29, 1.82) is 0 Å². The molecule has 2 aromatic rings. The first-order chi connectivity index (χ1) is 10.8. The van der Waals surface area contributed by atoms with E-state index in [4.69, 9.17) is 4.74 Å². The fraction of sp³-hybridized carbons (Fsp3) is 0.263. The number of benzene rings is 2. The fourth-order valence-electron chi connectivity index (χ4n) is 4.16. The second kappa shape index (κ2) is 4.29. The Balaban J connectivity index is 1.82. The van der Waals surface area contributed by atoms with Crippen LogP contribution in [0, 0.1) is 0 Å². The molecule has 0 radical (unpaired) electrons. The molecule has 3 heteroatoms. The van der Waals surface area contributed by atoms with E-state index in [9.17, 15) is 0 Å². The molecule has 2 aromatic carbocycles. The average molecular weight is 290 g/mol. The number of nitrogens with zero attached hydrogens (tertiary/aromatic N) is 2. The van der Waals surface area contributed by atoms with Gasteiger partial charge < -0.3 is 14.5 Å². The number of hydrogen-bond acceptors (Lipinski definition) is 3. The summed E-state index contributed by atoms with van der Waals surface area (Å²) < 4.78 is 6.30. The van der Waals surface area contributed by atoms with Crippen molar-refractivity contribution in [3.8, 4) is 11.5 Å². The number of anilines is 1. The van der Waals surface area contributed by atoms with Gasteiger partial charge in [0.05, 0.1) is 0 Å². The Bertz CT molecular complexity index is 783. The molecule has 0 N–H and O–H groups in total. The van der Waals surface area contributed by atoms with Crippen LogP contribution < -0.4 is 9.64 Å². The monoisotopic (exact) mass is 290 g/mol. The van der Waals surface area contributed by atoms with Crippen LogP contribution in [-0.2, 0) is 6.42 Å². The van der Waals surface area contributed by atoms with Crippen molar-refractivity contribution >= 4 is 5.69 Å². The summed E-state index contributed by atoms with van der Waals surface area (Å²) in [6, 6.07) is 14.9. The van der Waals surface area contributed by atoms with Gasteiger partial charge in [-0.1, -0.05) is 24.3 Å². The third kappa shape index (κ3) is 1.51. The third-order valence-corrected chi connectivity index (χ3v) is 5.15. The zero-order valence-corrected chi connectivity index (χ0v) is 12.6. The lowest BCUT2D eigenvalue weighted by Gasteiger charge is -2.35. The van der Waals surface area contributed by atoms with E-state index in [0.29, 0.717) is 12.1 Å². The van der Waals surface area contributed by atoms with Gasteiger partial charge in [0, 0.05) is 42.2 Å². The molecule has 2 bridgehead atoms. The maximum absolute atomic E-state index is 6.30. The van der Waals surface area contributed by atoms with Crippen LogP contribution in [0.3, 0.4) is 0 Å². The fourth-order valence-corrected chi connectivity index (χ4v) is 4.16. The van der Waals surface area contributed by atoms with E-state index in [-0.39, 0.29) is 0 Å². The number of likely N-dealkylation sites (N-methyl/N-ethyl adjacent to an activating group) is 1. The molecule has 2 atom stereocenters. The van der Waals surface area contributed by atoms with Crippen LogP contribution in [0.5, 0.6) is 11.5 Å². The summed E-state index contributed by atoms with van der Waals surface area (Å²) in [6.45, 7) is 0. The molecule has 3 heterocycles. The summed E-state index contributed by atoms with van der Waals surface area (Å²) in [5.74, 6) is 2.46. The van der Waals surface area contributed by atoms with Crippen LogP contribution >= 0.6 is 0 Å². The Labute approximate surface area is 130 Å². The van der Waals surface area contributed by atoms with Crippen molar-refractivity contribution in [3.05, 3.63) is 66.0 Å². The van der Waals surface area contributed by atoms with Crippen molar-refractivity contribution in [3.63, 3.8) is 0 Å². The number of fused-ring (bicyclic) bond motifs is 7. The lowest BCUT2D eigenvalue weighted by molar-refractivity contribution is 0.296. The maximum atomic E-state index is 6.30. The average Bonchev–Trinajstić information content (AvgIpc) is 2.81. The largest absolute Gasteiger partial charge is 0.457 e. The second-order valence-corrected chi connectivity index (χ2v) is 6.32. The number of rotatable bonds is 0. The Hall–Kier alpha value is -2.42. The first-order valence-electron chi connectivity index (χ1n) is 7.90. The highest BCUT2D eigenvalue weighted by Gasteiger charge is 2.40. The molecule has 0 amide bonds. The third-order valence-electron chi connectivity index (χ3n) is 5.15. The molecule has 0 aromatic heterocycles. The van der Waals surface area contributed by atoms with Gasteiger partial charge >= 0.3 is 0 Å². The Morgan fingerprint density at radius 1 is 1.00 bits per heavy atom. The van der Waals surface area contributed by atoms with Crippen LogP contribution in [0.25, 0.3) is 0 Å². The zero-order chi connectivity index (χ0) is 14.7. The van der Waals surface area contributed by atoms with Gasteiger partial charge in [-0.2, -0.15) is 0 Å². The van der Waals surface area contributed by atoms with Gasteiger partial charge in [-0.3, -0.25) is 0 Å². The number of ether oxygens (including phenoxy) is 1. The quantitative estimate of drug-likeness (QED) is 0.727. The Kier molecular flexibility index (Phi) is 2.37. The minimum absolute atomic E-state index is 0.333. The van der Waals surface area contributed by atoms with Gasteiger partial charge in [-0.25, -0.2) is 0 Å². The predicted octanol–water partition coefficient (Wildman–Crippen LogP) is 4.07. The first-order valence-corrected chi connectivity index (χ1v) is 7.90. The topological polar surface area (TPSA) is 15.7 Å². The minimum atomic E-state index is 0.333. The summed E-state index contributed by atoms with van der Waals surface area (Å²) >= 11 is 0. The smallest absolute Gasteiger partial charge is 0.132 e. The highest BCUT2D eigenvalue weighted by atomic mass is 16.5. The van der Waals surface area contributed by atoms with Crippen molar-refractivity contribution in [1.82, 2.24) is 4.90 Å². The van der Waals surface area contributed by atoms with Gasteiger partial charge in [0.15, 0.2) is 0 Å². The molecule has 3 aliphatic rings. The predicted molar refractivity (Wildman–Crippen MR) is 87.2 cm³/mol. The van der Waals surface area contributed by atoms with Crippen molar-refractivity contribution < 1.29 is 4.74 Å². The standard InChI is InChI=1S/C19H18N2O/c1-20-11-12-21-16-6-4-8-18-15(16)10-9-14(19(20)21)13-5-2-3-7-17(13)22-18/h2-8,11-12,14,19H,9-10H2,1H3. The second-order valence-electron chi connectivity index (χ2n) is 6.32. The van der Waals surface area contributed by atoms with Crippen LogP contribution in [0.1, 0.15) is 23.5 Å². The van der Waals surface area contributed by atoms with E-state index in [0.717, 1.165) is 24.3 Å². The molecular weight excluding hydrogens is 272 g/mol. The van der Waals surface area contributed by atoms with E-state index in [1.165, 1.54) is 16.8 Å². The van der Waals surface area contributed by atoms with E-state index in [2.05, 4.69) is 71.7 Å². The van der Waals surface area contributed by atoms with Crippen LogP contribution in [0.15, 0.2) is 54.9 Å². The van der Waals surface area contributed by atoms with Crippen molar-refractivity contribution in [2.75, 3.05) is 11.9 Å². The molecule has 0 saturated carbocycles. The van der Waals surface area contributed by atoms with Gasteiger partial charge in [0.25, 0.3) is 0 Å². The molecule has 22 heavy (non-hydrogen) atoms. The summed E-state index contributed by atoms with van der Waals surface area (Å²) in [7, 11) is 2.17. The summed E-state index contributed by atoms with van der Waals surface area (Å²) in [4.78, 5) is 4.75. The number of hydrogen-bond donors (Lipinski definition) is 0. The first kappa shape index (κ1) is 12.2. The zero-order valence-electron chi connectivity index (χ0n) is 12.6. The van der Waals surface area contributed by atoms with E-state index < -0.39 is 0 Å². The molecule has 3 nitrogen and oxygen atoms in total. The van der Waals surface area contributed by atoms with Gasteiger partial charge in [-0.15, -0.1) is 0 Å². The molecule has 0 saturated heterocycles. The normalized spacial score (nSPS) is 24.2. The van der Waals surface area contributed by atoms with E-state index in [1.54, 1.807) is 0 Å². The highest BCUT2D eigenvalue weighted by molar-refractivity contribution is 5.66. The van der Waals surface area contributed by atoms with Crippen LogP contribution in [-0.4, -0.2) is 18.1 Å². The Morgan fingerprint density at radius 3 is 2.82 bits per heavy atom. The lowest BCUT2D eigenvalue weighted by Crippen LogP contribution is -2.41. The summed E-state index contributed by atoms with van der Waals surface area (Å²) in [5, 5.41) is 0. The minimum Gasteiger partial charge on any atom is -0.457 e. The van der Waals surface area contributed by atoms with Crippen molar-refractivity contribution in [2.45, 2.75) is 24.9 Å². The molecule has 0 fully saturated rings. The molecular formula is C19H18N2O. The lowest BCUT2D eigenvalue weighted by atomic mass is 9.89. The molecule has 2 unspecified atom stereocenters. The number of para-hydroxylation sites is 1. The molecule has 110 valence electrons. The van der Waals surface area contributed by atoms with Crippen LogP contribution in [0.4, 0.5) is 5.69 Å². The van der Waals surface area contributed by atoms with E-state index in [1.807, 2.05) is 0 Å². The molecule has 0 spiro atoms. The Morgan fingerprint density at radius 2 is 1.86 bits per heavy atom. The van der Waals surface area contributed by atoms with Gasteiger partial charge in [0.2, 0.25) is 0 Å². The maximum Gasteiger partial charge on any atom is 0.132 e. The highest BCUT2D eigenvalue weighted by Crippen LogP contribution is 2.48. The SMILES string of the molecule is CN1C=CN2c3cccc4c3CCC(c3ccccc3O4)C12. The molecule has 5 rings (SSSR count). The van der Waals surface area contributed by atoms with Gasteiger partial charge in [0.1, 0.15) is 17.7 Å². The van der Waals surface area contributed by atoms with Gasteiger partial charge in [-0.05, 0) is 31.0 Å². The van der Waals surface area contributed by atoms with E-state index >= 15 is 0 Å². The van der Waals surface area contributed by atoms with Crippen LogP contribution in [0.2, 0.25) is 0 Å². The summed E-state index contributed by atoms with van der Waals surface area (Å²) in [5.41, 5.74) is 3.95. The van der Waals surface area contributed by atoms with Crippen molar-refractivity contribution in [2.24, 2.45) is 0 Å². The molecule has 0 aliphatic carbocycles. The molecule has 3 aliphatic heterocycles.